The van der Waals surface area contributed by atoms with Gasteiger partial charge in [0.1, 0.15) is 11.5 Å². The first-order chi connectivity index (χ1) is 16.5. The molecule has 1 aliphatic heterocycles. The molecule has 0 spiro atoms. The molecule has 3 aromatic heterocycles. The Hall–Kier alpha value is -3.68. The lowest BCUT2D eigenvalue weighted by Gasteiger charge is -2.27. The molecule has 7 nitrogen and oxygen atoms in total. The van der Waals surface area contributed by atoms with Crippen molar-refractivity contribution in [2.75, 3.05) is 36.5 Å². The van der Waals surface area contributed by atoms with Crippen molar-refractivity contribution in [2.45, 2.75) is 6.92 Å². The van der Waals surface area contributed by atoms with Crippen LogP contribution >= 0.6 is 11.6 Å². The van der Waals surface area contributed by atoms with Crippen molar-refractivity contribution in [1.82, 2.24) is 15.0 Å². The molecule has 1 saturated heterocycles. The number of rotatable bonds is 5. The minimum Gasteiger partial charge on any atom is -0.378 e. The first-order valence-electron chi connectivity index (χ1n) is 11.0. The second-order valence-electron chi connectivity index (χ2n) is 8.12. The average molecular weight is 474 g/mol. The van der Waals surface area contributed by atoms with Gasteiger partial charge in [-0.3, -0.25) is 4.79 Å². The van der Waals surface area contributed by atoms with Crippen LogP contribution in [0.25, 0.3) is 33.4 Å². The third-order valence-electron chi connectivity index (χ3n) is 5.98. The molecule has 0 unspecified atom stereocenters. The maximum absolute atomic E-state index is 12.0. The maximum atomic E-state index is 12.0. The number of pyridine rings is 2. The van der Waals surface area contributed by atoms with E-state index in [4.69, 9.17) is 21.3 Å². The van der Waals surface area contributed by atoms with Gasteiger partial charge in [0.2, 0.25) is 5.91 Å². The Morgan fingerprint density at radius 1 is 1.18 bits per heavy atom. The summed E-state index contributed by atoms with van der Waals surface area (Å²) in [6.45, 7) is 8.56. The van der Waals surface area contributed by atoms with E-state index in [0.717, 1.165) is 52.2 Å². The number of aromatic amines is 1. The number of halogens is 1. The number of H-pyrrole nitrogens is 1. The van der Waals surface area contributed by atoms with E-state index in [2.05, 4.69) is 32.8 Å². The molecule has 2 N–H and O–H groups in total. The number of aryl methyl sites for hydroxylation is 1. The van der Waals surface area contributed by atoms with Gasteiger partial charge in [-0.15, -0.1) is 0 Å². The summed E-state index contributed by atoms with van der Waals surface area (Å²) in [5, 5.41) is 4.30. The van der Waals surface area contributed by atoms with Crippen LogP contribution in [0, 0.1) is 6.92 Å². The molecule has 1 amide bonds. The number of hydrogen-bond donors (Lipinski definition) is 2. The Kier molecular flexibility index (Phi) is 6.04. The summed E-state index contributed by atoms with van der Waals surface area (Å²) >= 11 is 6.64. The van der Waals surface area contributed by atoms with Crippen molar-refractivity contribution >= 4 is 40.0 Å². The smallest absolute Gasteiger partial charge is 0.247 e. The highest BCUT2D eigenvalue weighted by atomic mass is 35.5. The van der Waals surface area contributed by atoms with E-state index in [1.54, 1.807) is 12.3 Å². The van der Waals surface area contributed by atoms with Crippen LogP contribution in [0.15, 0.2) is 61.4 Å². The number of anilines is 2. The molecule has 34 heavy (non-hydrogen) atoms. The number of amides is 1. The highest BCUT2D eigenvalue weighted by Gasteiger charge is 2.20. The molecule has 5 rings (SSSR count). The number of ether oxygens (including phenoxy) is 1. The fourth-order valence-electron chi connectivity index (χ4n) is 4.19. The molecule has 1 aliphatic rings. The van der Waals surface area contributed by atoms with Gasteiger partial charge in [0, 0.05) is 47.7 Å². The normalized spacial score (nSPS) is 13.8. The minimum atomic E-state index is -0.262. The molecular weight excluding hydrogens is 450 g/mol. The van der Waals surface area contributed by atoms with E-state index in [1.165, 1.54) is 6.08 Å². The minimum absolute atomic E-state index is 0.262. The van der Waals surface area contributed by atoms with Gasteiger partial charge in [0.15, 0.2) is 0 Å². The Labute approximate surface area is 202 Å². The van der Waals surface area contributed by atoms with E-state index in [-0.39, 0.29) is 5.91 Å². The predicted octanol–water partition coefficient (Wildman–Crippen LogP) is 5.21. The second kappa shape index (κ2) is 9.29. The number of carbonyl (C=O) groups is 1. The van der Waals surface area contributed by atoms with Crippen molar-refractivity contribution in [3.05, 3.63) is 72.0 Å². The van der Waals surface area contributed by atoms with Gasteiger partial charge in [-0.2, -0.15) is 0 Å². The summed E-state index contributed by atoms with van der Waals surface area (Å²) in [4.78, 5) is 26.8. The predicted molar refractivity (Wildman–Crippen MR) is 136 cm³/mol. The van der Waals surface area contributed by atoms with Crippen molar-refractivity contribution in [3.8, 4) is 22.4 Å². The van der Waals surface area contributed by atoms with Gasteiger partial charge in [-0.25, -0.2) is 9.97 Å². The molecule has 0 bridgehead atoms. The standard InChI is InChI=1S/C26H24ClN5O2/c1-3-22(33)30-20-14-17(5-4-16(20)2)23-24-19(27)8-9-28-26(24)31-25(23)18-6-7-21(29-15-18)32-10-12-34-13-11-32/h3-9,14-15H,1,10-13H2,2H3,(H,28,31)(H,30,33). The molecule has 4 heterocycles. The fraction of sp³-hybridized carbons (Fsp3) is 0.192. The number of nitrogens with one attached hydrogen (secondary N) is 2. The first-order valence-corrected chi connectivity index (χ1v) is 11.4. The van der Waals surface area contributed by atoms with Gasteiger partial charge in [0.25, 0.3) is 0 Å². The van der Waals surface area contributed by atoms with E-state index < -0.39 is 0 Å². The summed E-state index contributed by atoms with van der Waals surface area (Å²) < 4.78 is 5.45. The lowest BCUT2D eigenvalue weighted by atomic mass is 9.97. The maximum Gasteiger partial charge on any atom is 0.247 e. The molecule has 4 aromatic rings. The number of morpholine rings is 1. The second-order valence-corrected chi connectivity index (χ2v) is 8.53. The zero-order chi connectivity index (χ0) is 23.7. The molecular formula is C26H24ClN5O2. The third kappa shape index (κ3) is 4.16. The topological polar surface area (TPSA) is 83.1 Å². The lowest BCUT2D eigenvalue weighted by Crippen LogP contribution is -2.36. The zero-order valence-electron chi connectivity index (χ0n) is 18.8. The molecule has 0 atom stereocenters. The molecule has 0 aliphatic carbocycles. The molecule has 1 aromatic carbocycles. The lowest BCUT2D eigenvalue weighted by molar-refractivity contribution is -0.111. The van der Waals surface area contributed by atoms with E-state index in [1.807, 2.05) is 37.4 Å². The van der Waals surface area contributed by atoms with Crippen LogP contribution in [-0.2, 0) is 9.53 Å². The monoisotopic (exact) mass is 473 g/mol. The molecule has 1 fully saturated rings. The Bertz CT molecular complexity index is 1370. The van der Waals surface area contributed by atoms with Crippen molar-refractivity contribution < 1.29 is 9.53 Å². The average Bonchev–Trinajstić information content (AvgIpc) is 3.27. The molecule has 0 radical (unpaired) electrons. The van der Waals surface area contributed by atoms with Crippen LogP contribution < -0.4 is 10.2 Å². The van der Waals surface area contributed by atoms with Gasteiger partial charge in [0.05, 0.1) is 23.9 Å². The van der Waals surface area contributed by atoms with Gasteiger partial charge in [-0.05, 0) is 48.4 Å². The Balaban J connectivity index is 1.63. The van der Waals surface area contributed by atoms with Gasteiger partial charge >= 0.3 is 0 Å². The Morgan fingerprint density at radius 2 is 1.97 bits per heavy atom. The number of hydrogen-bond acceptors (Lipinski definition) is 5. The van der Waals surface area contributed by atoms with Crippen LogP contribution in [0.2, 0.25) is 5.02 Å². The number of benzene rings is 1. The highest BCUT2D eigenvalue weighted by Crippen LogP contribution is 2.41. The quantitative estimate of drug-likeness (QED) is 0.388. The van der Waals surface area contributed by atoms with Crippen LogP contribution in [0.1, 0.15) is 5.56 Å². The molecule has 172 valence electrons. The number of nitrogens with zero attached hydrogens (tertiary/aromatic N) is 3. The first kappa shape index (κ1) is 22.1. The summed E-state index contributed by atoms with van der Waals surface area (Å²) in [5.41, 5.74) is 5.93. The highest BCUT2D eigenvalue weighted by molar-refractivity contribution is 6.36. The SMILES string of the molecule is C=CC(=O)Nc1cc(-c2c(-c3ccc(N4CCOCC4)nc3)[nH]c3nccc(Cl)c23)ccc1C. The number of fused-ring (bicyclic) bond motifs is 1. The largest absolute Gasteiger partial charge is 0.378 e. The molecule has 0 saturated carbocycles. The summed E-state index contributed by atoms with van der Waals surface area (Å²) in [5.74, 6) is 0.660. The molecule has 8 heteroatoms. The van der Waals surface area contributed by atoms with Gasteiger partial charge < -0.3 is 19.9 Å². The van der Waals surface area contributed by atoms with E-state index >= 15 is 0 Å². The fourth-order valence-corrected chi connectivity index (χ4v) is 4.43. The van der Waals surface area contributed by atoms with Gasteiger partial charge in [-0.1, -0.05) is 30.3 Å². The summed E-state index contributed by atoms with van der Waals surface area (Å²) in [6.07, 6.45) is 4.80. The van der Waals surface area contributed by atoms with Crippen molar-refractivity contribution in [3.63, 3.8) is 0 Å². The zero-order valence-corrected chi connectivity index (χ0v) is 19.5. The van der Waals surface area contributed by atoms with Crippen molar-refractivity contribution in [2.24, 2.45) is 0 Å². The van der Waals surface area contributed by atoms with Crippen LogP contribution in [0.4, 0.5) is 11.5 Å². The van der Waals surface area contributed by atoms with Crippen LogP contribution in [0.3, 0.4) is 0 Å². The number of aromatic nitrogens is 3. The summed E-state index contributed by atoms with van der Waals surface area (Å²) in [7, 11) is 0. The van der Waals surface area contributed by atoms with Crippen LogP contribution in [-0.4, -0.2) is 47.2 Å². The summed E-state index contributed by atoms with van der Waals surface area (Å²) in [6, 6.07) is 11.8. The van der Waals surface area contributed by atoms with E-state index in [0.29, 0.717) is 29.6 Å². The third-order valence-corrected chi connectivity index (χ3v) is 6.30. The van der Waals surface area contributed by atoms with Crippen LogP contribution in [0.5, 0.6) is 0 Å². The Morgan fingerprint density at radius 3 is 2.71 bits per heavy atom. The van der Waals surface area contributed by atoms with E-state index in [9.17, 15) is 4.79 Å². The van der Waals surface area contributed by atoms with Crippen molar-refractivity contribution in [1.29, 1.82) is 0 Å². The number of carbonyl (C=O) groups excluding carboxylic acids is 1.